The molecule has 1 heterocycles. The van der Waals surface area contributed by atoms with E-state index in [0.29, 0.717) is 6.04 Å². The first kappa shape index (κ1) is 13.8. The number of nitro groups is 1. The van der Waals surface area contributed by atoms with E-state index in [1.165, 1.54) is 12.8 Å². The van der Waals surface area contributed by atoms with Gasteiger partial charge in [0.25, 0.3) is 5.69 Å². The zero-order valence-electron chi connectivity index (χ0n) is 11.6. The van der Waals surface area contributed by atoms with Crippen molar-refractivity contribution in [2.45, 2.75) is 32.7 Å². The number of likely N-dealkylation sites (N-methyl/N-ethyl adjacent to an activating group) is 1. The van der Waals surface area contributed by atoms with Gasteiger partial charge in [-0.25, -0.2) is 0 Å². The summed E-state index contributed by atoms with van der Waals surface area (Å²) in [6, 6.07) is 5.81. The third-order valence-corrected chi connectivity index (χ3v) is 3.61. The van der Waals surface area contributed by atoms with Crippen LogP contribution in [0.4, 0.5) is 11.4 Å². The molecular formula is C14H21N3O2. The van der Waals surface area contributed by atoms with Gasteiger partial charge in [0.15, 0.2) is 0 Å². The Balaban J connectivity index is 2.19. The van der Waals surface area contributed by atoms with E-state index >= 15 is 0 Å². The highest BCUT2D eigenvalue weighted by molar-refractivity contribution is 5.55. The monoisotopic (exact) mass is 263 g/mol. The number of nitro benzene ring substituents is 1. The fraction of sp³-hybridized carbons (Fsp3) is 0.571. The molecule has 1 unspecified atom stereocenters. The number of anilines is 1. The Kier molecular flexibility index (Phi) is 4.37. The summed E-state index contributed by atoms with van der Waals surface area (Å²) in [4.78, 5) is 12.8. The molecule has 0 amide bonds. The Hall–Kier alpha value is -1.62. The normalized spacial score (nSPS) is 18.5. The van der Waals surface area contributed by atoms with E-state index in [9.17, 15) is 10.1 Å². The molecule has 1 N–H and O–H groups in total. The summed E-state index contributed by atoms with van der Waals surface area (Å²) < 4.78 is 0. The van der Waals surface area contributed by atoms with Gasteiger partial charge in [0.2, 0.25) is 0 Å². The summed E-state index contributed by atoms with van der Waals surface area (Å²) in [5.74, 6) is 0. The van der Waals surface area contributed by atoms with Gasteiger partial charge in [-0.1, -0.05) is 0 Å². The zero-order valence-corrected chi connectivity index (χ0v) is 11.6. The van der Waals surface area contributed by atoms with Crippen LogP contribution in [0, 0.1) is 17.0 Å². The van der Waals surface area contributed by atoms with E-state index in [0.717, 1.165) is 30.9 Å². The van der Waals surface area contributed by atoms with E-state index in [4.69, 9.17) is 0 Å². The first-order valence-corrected chi connectivity index (χ1v) is 6.84. The molecule has 0 spiro atoms. The first-order chi connectivity index (χ1) is 9.10. The molecule has 5 heteroatoms. The molecule has 0 radical (unpaired) electrons. The number of benzene rings is 1. The van der Waals surface area contributed by atoms with Crippen molar-refractivity contribution < 1.29 is 4.92 Å². The lowest BCUT2D eigenvalue weighted by molar-refractivity contribution is -0.384. The van der Waals surface area contributed by atoms with Crippen molar-refractivity contribution in [3.8, 4) is 0 Å². The van der Waals surface area contributed by atoms with E-state index in [1.807, 2.05) is 13.0 Å². The van der Waals surface area contributed by atoms with Gasteiger partial charge in [-0.2, -0.15) is 0 Å². The van der Waals surface area contributed by atoms with Crippen LogP contribution in [0.1, 0.15) is 25.3 Å². The van der Waals surface area contributed by atoms with Crippen LogP contribution in [0.25, 0.3) is 0 Å². The molecule has 1 aliphatic heterocycles. The summed E-state index contributed by atoms with van der Waals surface area (Å²) in [5.41, 5.74) is 2.05. The maximum absolute atomic E-state index is 10.9. The lowest BCUT2D eigenvalue weighted by atomic mass is 10.1. The molecule has 0 aromatic heterocycles. The third kappa shape index (κ3) is 3.44. The quantitative estimate of drug-likeness (QED) is 0.655. The van der Waals surface area contributed by atoms with Gasteiger partial charge in [0.1, 0.15) is 0 Å². The molecule has 0 bridgehead atoms. The number of rotatable bonds is 5. The van der Waals surface area contributed by atoms with Crippen LogP contribution in [0.3, 0.4) is 0 Å². The van der Waals surface area contributed by atoms with Crippen LogP contribution in [0.5, 0.6) is 0 Å². The van der Waals surface area contributed by atoms with Gasteiger partial charge < -0.3 is 10.2 Å². The second-order valence-corrected chi connectivity index (χ2v) is 5.12. The minimum absolute atomic E-state index is 0.174. The van der Waals surface area contributed by atoms with Crippen molar-refractivity contribution in [1.82, 2.24) is 5.32 Å². The minimum Gasteiger partial charge on any atom is -0.370 e. The average molecular weight is 263 g/mol. The maximum Gasteiger partial charge on any atom is 0.271 e. The highest BCUT2D eigenvalue weighted by Gasteiger charge is 2.19. The number of aryl methyl sites for hydroxylation is 1. The Labute approximate surface area is 113 Å². The van der Waals surface area contributed by atoms with Crippen LogP contribution in [0.15, 0.2) is 18.2 Å². The first-order valence-electron chi connectivity index (χ1n) is 6.84. The highest BCUT2D eigenvalue weighted by atomic mass is 16.6. The maximum atomic E-state index is 10.9. The summed E-state index contributed by atoms with van der Waals surface area (Å²) in [6.45, 7) is 6.84. The molecule has 19 heavy (non-hydrogen) atoms. The van der Waals surface area contributed by atoms with Crippen LogP contribution in [-0.2, 0) is 0 Å². The molecule has 0 aliphatic carbocycles. The number of non-ortho nitro benzene ring substituents is 1. The van der Waals surface area contributed by atoms with Crippen molar-refractivity contribution >= 4 is 11.4 Å². The summed E-state index contributed by atoms with van der Waals surface area (Å²) in [6.07, 6.45) is 2.40. The molecule has 1 fully saturated rings. The number of hydrogen-bond donors (Lipinski definition) is 1. The summed E-state index contributed by atoms with van der Waals surface area (Å²) in [7, 11) is 0. The molecule has 1 aromatic carbocycles. The van der Waals surface area contributed by atoms with Crippen molar-refractivity contribution in [3.05, 3.63) is 33.9 Å². The zero-order chi connectivity index (χ0) is 13.8. The molecule has 2 rings (SSSR count). The van der Waals surface area contributed by atoms with E-state index in [2.05, 4.69) is 17.1 Å². The standard InChI is InChI=1S/C14H21N3O2/c1-3-16(10-12-5-4-6-15-12)13-7-11(2)8-14(9-13)17(18)19/h7-9,12,15H,3-6,10H2,1-2H3. The number of nitrogens with zero attached hydrogens (tertiary/aromatic N) is 2. The Morgan fingerprint density at radius 2 is 2.26 bits per heavy atom. The molecule has 104 valence electrons. The Bertz CT molecular complexity index is 456. The van der Waals surface area contributed by atoms with Crippen LogP contribution in [-0.4, -0.2) is 30.6 Å². The second-order valence-electron chi connectivity index (χ2n) is 5.12. The lowest BCUT2D eigenvalue weighted by Gasteiger charge is -2.26. The van der Waals surface area contributed by atoms with Crippen LogP contribution < -0.4 is 10.2 Å². The largest absolute Gasteiger partial charge is 0.370 e. The topological polar surface area (TPSA) is 58.4 Å². The molecule has 0 saturated carbocycles. The van der Waals surface area contributed by atoms with E-state index in [1.54, 1.807) is 12.1 Å². The summed E-state index contributed by atoms with van der Waals surface area (Å²) >= 11 is 0. The Morgan fingerprint density at radius 3 is 2.84 bits per heavy atom. The highest BCUT2D eigenvalue weighted by Crippen LogP contribution is 2.24. The van der Waals surface area contributed by atoms with Gasteiger partial charge in [-0.05, 0) is 44.9 Å². The number of nitrogens with one attached hydrogen (secondary N) is 1. The fourth-order valence-electron chi connectivity index (χ4n) is 2.63. The Morgan fingerprint density at radius 1 is 1.47 bits per heavy atom. The molecule has 1 atom stereocenters. The van der Waals surface area contributed by atoms with E-state index < -0.39 is 0 Å². The van der Waals surface area contributed by atoms with Gasteiger partial charge in [0, 0.05) is 37.0 Å². The van der Waals surface area contributed by atoms with Gasteiger partial charge in [-0.15, -0.1) is 0 Å². The van der Waals surface area contributed by atoms with Gasteiger partial charge in [-0.3, -0.25) is 10.1 Å². The van der Waals surface area contributed by atoms with Gasteiger partial charge in [0.05, 0.1) is 4.92 Å². The second kappa shape index (κ2) is 6.02. The third-order valence-electron chi connectivity index (χ3n) is 3.61. The predicted molar refractivity (Wildman–Crippen MR) is 76.7 cm³/mol. The molecular weight excluding hydrogens is 242 g/mol. The molecule has 1 aromatic rings. The fourth-order valence-corrected chi connectivity index (χ4v) is 2.63. The minimum atomic E-state index is -0.321. The molecule has 1 aliphatic rings. The SMILES string of the molecule is CCN(CC1CCCN1)c1cc(C)cc([N+](=O)[O-])c1. The van der Waals surface area contributed by atoms with Crippen LogP contribution >= 0.6 is 0 Å². The van der Waals surface area contributed by atoms with E-state index in [-0.39, 0.29) is 10.6 Å². The van der Waals surface area contributed by atoms with Crippen LogP contribution in [0.2, 0.25) is 0 Å². The smallest absolute Gasteiger partial charge is 0.271 e. The average Bonchev–Trinajstić information content (AvgIpc) is 2.88. The number of hydrogen-bond acceptors (Lipinski definition) is 4. The van der Waals surface area contributed by atoms with Crippen molar-refractivity contribution in [3.63, 3.8) is 0 Å². The van der Waals surface area contributed by atoms with Crippen molar-refractivity contribution in [2.24, 2.45) is 0 Å². The van der Waals surface area contributed by atoms with Crippen molar-refractivity contribution in [2.75, 3.05) is 24.5 Å². The summed E-state index contributed by atoms with van der Waals surface area (Å²) in [5, 5.41) is 14.4. The van der Waals surface area contributed by atoms with Crippen molar-refractivity contribution in [1.29, 1.82) is 0 Å². The molecule has 1 saturated heterocycles. The molecule has 5 nitrogen and oxygen atoms in total. The lowest BCUT2D eigenvalue weighted by Crippen LogP contribution is -2.37. The predicted octanol–water partition coefficient (Wildman–Crippen LogP) is 2.48. The van der Waals surface area contributed by atoms with Gasteiger partial charge >= 0.3 is 0 Å².